The molecule has 0 aromatic carbocycles. The Kier molecular flexibility index (Phi) is 5.22. The summed E-state index contributed by atoms with van der Waals surface area (Å²) in [6, 6.07) is 7.27. The topological polar surface area (TPSA) is 93.2 Å². The van der Waals surface area contributed by atoms with Crippen molar-refractivity contribution < 1.29 is 18.0 Å². The maximum atomic E-state index is 13.1. The van der Waals surface area contributed by atoms with Crippen molar-refractivity contribution in [2.45, 2.75) is 32.0 Å². The fraction of sp³-hybridized carbons (Fsp3) is 0.318. The van der Waals surface area contributed by atoms with Gasteiger partial charge in [-0.3, -0.25) is 9.48 Å². The summed E-state index contributed by atoms with van der Waals surface area (Å²) in [6.45, 7) is 3.03. The van der Waals surface area contributed by atoms with Crippen LogP contribution in [0.25, 0.3) is 16.9 Å². The summed E-state index contributed by atoms with van der Waals surface area (Å²) in [4.78, 5) is 23.5. The molecule has 12 heteroatoms. The lowest BCUT2D eigenvalue weighted by molar-refractivity contribution is -0.141. The van der Waals surface area contributed by atoms with E-state index in [0.29, 0.717) is 23.3 Å². The summed E-state index contributed by atoms with van der Waals surface area (Å²) in [6.07, 6.45) is 0.597. The molecule has 1 aliphatic rings. The van der Waals surface area contributed by atoms with Gasteiger partial charge >= 0.3 is 6.18 Å². The molecule has 0 spiro atoms. The first-order valence-corrected chi connectivity index (χ1v) is 10.7. The molecular formula is C22H21F3N8O. The number of nitrogens with zero attached hydrogens (tertiary/aromatic N) is 7. The Morgan fingerprint density at radius 3 is 2.76 bits per heavy atom. The van der Waals surface area contributed by atoms with Gasteiger partial charge in [0.1, 0.15) is 11.4 Å². The number of nitrogens with one attached hydrogen (secondary N) is 1. The van der Waals surface area contributed by atoms with E-state index >= 15 is 0 Å². The number of amides is 1. The molecule has 4 aromatic heterocycles. The van der Waals surface area contributed by atoms with Gasteiger partial charge in [0.15, 0.2) is 5.65 Å². The molecular weight excluding hydrogens is 449 g/mol. The number of halogens is 3. The van der Waals surface area contributed by atoms with Crippen molar-refractivity contribution in [1.82, 2.24) is 29.4 Å². The summed E-state index contributed by atoms with van der Waals surface area (Å²) in [7, 11) is 1.54. The lowest BCUT2D eigenvalue weighted by Crippen LogP contribution is -2.27. The van der Waals surface area contributed by atoms with E-state index in [1.54, 1.807) is 22.8 Å². The molecule has 0 bridgehead atoms. The minimum Gasteiger partial charge on any atom is -0.337 e. The molecule has 4 aromatic rings. The second-order valence-electron chi connectivity index (χ2n) is 8.21. The number of alkyl halides is 3. The van der Waals surface area contributed by atoms with Crippen LogP contribution < -0.4 is 10.2 Å². The van der Waals surface area contributed by atoms with Gasteiger partial charge in [-0.25, -0.2) is 9.50 Å². The quantitative estimate of drug-likeness (QED) is 0.488. The summed E-state index contributed by atoms with van der Waals surface area (Å²) >= 11 is 0. The molecule has 1 atom stereocenters. The van der Waals surface area contributed by atoms with Gasteiger partial charge in [-0.2, -0.15) is 23.3 Å². The monoisotopic (exact) mass is 470 g/mol. The molecule has 34 heavy (non-hydrogen) atoms. The zero-order valence-corrected chi connectivity index (χ0v) is 18.4. The molecule has 9 nitrogen and oxygen atoms in total. The van der Waals surface area contributed by atoms with Crippen LogP contribution in [0.2, 0.25) is 0 Å². The standard InChI is InChI=1S/C22H21F3N8O/c1-13-5-4-9-32(13)21-29-18-11-14(8-10-33(18)30-21)27-20(34)19-15(12-26-31(19)2)16-6-3-7-17(28-16)22(23,24)25/h3,6-8,10-13H,4-5,9H2,1-2H3,(H,27,34)/t13-/m0/s1. The highest BCUT2D eigenvalue weighted by atomic mass is 19.4. The highest BCUT2D eigenvalue weighted by Gasteiger charge is 2.33. The number of carbonyl (C=O) groups excluding carboxylic acids is 1. The van der Waals surface area contributed by atoms with E-state index < -0.39 is 17.8 Å². The molecule has 176 valence electrons. The van der Waals surface area contributed by atoms with E-state index in [9.17, 15) is 18.0 Å². The average molecular weight is 470 g/mol. The van der Waals surface area contributed by atoms with Crippen LogP contribution >= 0.6 is 0 Å². The van der Waals surface area contributed by atoms with Gasteiger partial charge in [0, 0.05) is 37.6 Å². The van der Waals surface area contributed by atoms with Gasteiger partial charge < -0.3 is 10.2 Å². The minimum atomic E-state index is -4.60. The van der Waals surface area contributed by atoms with Gasteiger partial charge in [0.25, 0.3) is 5.91 Å². The number of hydrogen-bond donors (Lipinski definition) is 1. The lowest BCUT2D eigenvalue weighted by Gasteiger charge is -2.18. The third-order valence-electron chi connectivity index (χ3n) is 5.86. The van der Waals surface area contributed by atoms with Gasteiger partial charge in [0.05, 0.1) is 17.5 Å². The van der Waals surface area contributed by atoms with E-state index in [2.05, 4.69) is 37.3 Å². The van der Waals surface area contributed by atoms with Crippen LogP contribution in [0, 0.1) is 0 Å². The zero-order valence-electron chi connectivity index (χ0n) is 18.4. The van der Waals surface area contributed by atoms with Crippen molar-refractivity contribution in [3.63, 3.8) is 0 Å². The number of hydrogen-bond acceptors (Lipinski definition) is 6. The number of aryl methyl sites for hydroxylation is 1. The second kappa shape index (κ2) is 8.12. The van der Waals surface area contributed by atoms with Crippen molar-refractivity contribution in [3.05, 3.63) is 54.1 Å². The first-order chi connectivity index (χ1) is 16.2. The van der Waals surface area contributed by atoms with Gasteiger partial charge in [-0.1, -0.05) is 6.07 Å². The normalized spacial score (nSPS) is 16.4. The first kappa shape index (κ1) is 21.9. The summed E-state index contributed by atoms with van der Waals surface area (Å²) in [5.74, 6) is 0.101. The van der Waals surface area contributed by atoms with Crippen molar-refractivity contribution in [3.8, 4) is 11.3 Å². The Morgan fingerprint density at radius 1 is 1.21 bits per heavy atom. The van der Waals surface area contributed by atoms with Crippen LogP contribution in [0.15, 0.2) is 42.7 Å². The van der Waals surface area contributed by atoms with E-state index in [-0.39, 0.29) is 17.0 Å². The highest BCUT2D eigenvalue weighted by molar-refractivity contribution is 6.07. The first-order valence-electron chi connectivity index (χ1n) is 10.7. The number of pyridine rings is 2. The Bertz CT molecular complexity index is 1380. The van der Waals surface area contributed by atoms with Crippen LogP contribution in [0.3, 0.4) is 0 Å². The molecule has 0 aliphatic carbocycles. The molecule has 1 N–H and O–H groups in total. The Balaban J connectivity index is 1.42. The van der Waals surface area contributed by atoms with Crippen molar-refractivity contribution in [1.29, 1.82) is 0 Å². The minimum absolute atomic E-state index is 0.00496. The number of aromatic nitrogens is 6. The van der Waals surface area contributed by atoms with E-state index in [4.69, 9.17) is 0 Å². The Hall–Kier alpha value is -3.96. The molecule has 5 heterocycles. The molecule has 5 rings (SSSR count). The predicted octanol–water partition coefficient (Wildman–Crippen LogP) is 3.78. The van der Waals surface area contributed by atoms with Crippen molar-refractivity contribution >= 4 is 23.2 Å². The van der Waals surface area contributed by atoms with Gasteiger partial charge in [-0.05, 0) is 38.0 Å². The molecule has 0 saturated carbocycles. The van der Waals surface area contributed by atoms with E-state index in [1.807, 2.05) is 0 Å². The number of fused-ring (bicyclic) bond motifs is 1. The third-order valence-corrected chi connectivity index (χ3v) is 5.86. The molecule has 0 unspecified atom stereocenters. The number of carbonyl (C=O) groups is 1. The van der Waals surface area contributed by atoms with Crippen LogP contribution in [-0.2, 0) is 13.2 Å². The third kappa shape index (κ3) is 3.95. The Labute approximate surface area is 192 Å². The average Bonchev–Trinajstić information content (AvgIpc) is 3.50. The van der Waals surface area contributed by atoms with Crippen LogP contribution in [0.5, 0.6) is 0 Å². The van der Waals surface area contributed by atoms with Crippen LogP contribution in [-0.4, -0.2) is 47.9 Å². The Morgan fingerprint density at radius 2 is 2.03 bits per heavy atom. The molecule has 1 amide bonds. The van der Waals surface area contributed by atoms with E-state index in [1.165, 1.54) is 30.1 Å². The van der Waals surface area contributed by atoms with Gasteiger partial charge in [-0.15, -0.1) is 5.10 Å². The largest absolute Gasteiger partial charge is 0.433 e. The molecule has 0 radical (unpaired) electrons. The fourth-order valence-corrected chi connectivity index (χ4v) is 4.13. The van der Waals surface area contributed by atoms with Gasteiger partial charge in [0.2, 0.25) is 5.95 Å². The van der Waals surface area contributed by atoms with Crippen LogP contribution in [0.1, 0.15) is 35.9 Å². The summed E-state index contributed by atoms with van der Waals surface area (Å²) in [5, 5.41) is 11.3. The SMILES string of the molecule is C[C@H]1CCCN1c1nc2cc(NC(=O)c3c(-c4cccc(C(F)(F)F)n4)cnn3C)ccn2n1. The maximum Gasteiger partial charge on any atom is 0.433 e. The van der Waals surface area contributed by atoms with Crippen molar-refractivity contribution in [2.75, 3.05) is 16.8 Å². The number of anilines is 2. The molecule has 1 aliphatic heterocycles. The van der Waals surface area contributed by atoms with Crippen LogP contribution in [0.4, 0.5) is 24.8 Å². The smallest absolute Gasteiger partial charge is 0.337 e. The summed E-state index contributed by atoms with van der Waals surface area (Å²) in [5.41, 5.74) is 0.275. The maximum absolute atomic E-state index is 13.1. The lowest BCUT2D eigenvalue weighted by atomic mass is 10.1. The zero-order chi connectivity index (χ0) is 24.0. The molecule has 1 fully saturated rings. The predicted molar refractivity (Wildman–Crippen MR) is 118 cm³/mol. The van der Waals surface area contributed by atoms with Crippen molar-refractivity contribution in [2.24, 2.45) is 7.05 Å². The fourth-order valence-electron chi connectivity index (χ4n) is 4.13. The molecule has 1 saturated heterocycles. The second-order valence-corrected chi connectivity index (χ2v) is 8.21. The summed E-state index contributed by atoms with van der Waals surface area (Å²) < 4.78 is 42.3. The highest BCUT2D eigenvalue weighted by Crippen LogP contribution is 2.30. The van der Waals surface area contributed by atoms with E-state index in [0.717, 1.165) is 25.5 Å². The number of rotatable bonds is 4.